The van der Waals surface area contributed by atoms with Gasteiger partial charge < -0.3 is 25.0 Å². The molecule has 0 aliphatic heterocycles. The van der Waals surface area contributed by atoms with Crippen molar-refractivity contribution in [1.82, 2.24) is 5.16 Å². The van der Waals surface area contributed by atoms with Gasteiger partial charge >= 0.3 is 12.6 Å². The third-order valence-corrected chi connectivity index (χ3v) is 2.80. The second kappa shape index (κ2) is 7.40. The van der Waals surface area contributed by atoms with Crippen LogP contribution in [0, 0.1) is 6.92 Å². The van der Waals surface area contributed by atoms with Crippen LogP contribution in [0.3, 0.4) is 0 Å². The van der Waals surface area contributed by atoms with E-state index in [1.165, 1.54) is 31.2 Å². The van der Waals surface area contributed by atoms with Crippen molar-refractivity contribution in [1.29, 1.82) is 0 Å². The smallest absolute Gasteiger partial charge is 0.387 e. The minimum absolute atomic E-state index is 0.0134. The first-order chi connectivity index (χ1) is 11.4. The molecule has 0 saturated carbocycles. The number of hydrogen-bond acceptors (Lipinski definition) is 7. The SMILES string of the molecule is Cc1noc(N)c1C(=O)OCC(=O)Nc1ccccc1OC(F)F. The molecule has 8 nitrogen and oxygen atoms in total. The van der Waals surface area contributed by atoms with E-state index in [2.05, 4.69) is 19.7 Å². The Morgan fingerprint density at radius 3 is 2.71 bits per heavy atom. The average molecular weight is 341 g/mol. The van der Waals surface area contributed by atoms with E-state index in [0.717, 1.165) is 0 Å². The van der Waals surface area contributed by atoms with Crippen molar-refractivity contribution in [3.05, 3.63) is 35.5 Å². The van der Waals surface area contributed by atoms with E-state index < -0.39 is 25.1 Å². The molecule has 0 radical (unpaired) electrons. The molecule has 1 aromatic carbocycles. The monoisotopic (exact) mass is 341 g/mol. The predicted octanol–water partition coefficient (Wildman–Crippen LogP) is 1.96. The number of nitrogen functional groups attached to an aromatic ring is 1. The highest BCUT2D eigenvalue weighted by atomic mass is 19.3. The lowest BCUT2D eigenvalue weighted by atomic mass is 10.2. The number of nitrogens with zero attached hydrogens (tertiary/aromatic N) is 1. The third kappa shape index (κ3) is 4.18. The first-order valence-electron chi connectivity index (χ1n) is 6.61. The minimum atomic E-state index is -3.04. The number of amides is 1. The molecule has 0 spiro atoms. The highest BCUT2D eigenvalue weighted by Gasteiger charge is 2.21. The number of alkyl halides is 2. The summed E-state index contributed by atoms with van der Waals surface area (Å²) >= 11 is 0. The van der Waals surface area contributed by atoms with Crippen molar-refractivity contribution in [3.8, 4) is 5.75 Å². The lowest BCUT2D eigenvalue weighted by molar-refractivity contribution is -0.119. The largest absolute Gasteiger partial charge is 0.452 e. The van der Waals surface area contributed by atoms with Crippen molar-refractivity contribution >= 4 is 23.4 Å². The Balaban J connectivity index is 1.96. The van der Waals surface area contributed by atoms with Crippen LogP contribution in [0.2, 0.25) is 0 Å². The molecule has 0 aliphatic carbocycles. The van der Waals surface area contributed by atoms with Crippen molar-refractivity contribution in [2.24, 2.45) is 0 Å². The minimum Gasteiger partial charge on any atom is -0.452 e. The Kier molecular flexibility index (Phi) is 5.30. The number of carbonyl (C=O) groups excluding carboxylic acids is 2. The molecule has 2 aromatic rings. The van der Waals surface area contributed by atoms with Gasteiger partial charge in [-0.05, 0) is 19.1 Å². The molecule has 24 heavy (non-hydrogen) atoms. The quantitative estimate of drug-likeness (QED) is 0.771. The van der Waals surface area contributed by atoms with Gasteiger partial charge in [0.25, 0.3) is 5.91 Å². The van der Waals surface area contributed by atoms with E-state index in [0.29, 0.717) is 0 Å². The molecule has 2 rings (SSSR count). The molecule has 10 heteroatoms. The second-order valence-electron chi connectivity index (χ2n) is 4.51. The summed E-state index contributed by atoms with van der Waals surface area (Å²) in [5, 5.41) is 5.78. The Morgan fingerprint density at radius 2 is 2.08 bits per heavy atom. The summed E-state index contributed by atoms with van der Waals surface area (Å²) < 4.78 is 38.3. The number of benzene rings is 1. The van der Waals surface area contributed by atoms with Gasteiger partial charge in [0, 0.05) is 0 Å². The van der Waals surface area contributed by atoms with Gasteiger partial charge in [0.1, 0.15) is 11.3 Å². The fraction of sp³-hybridized carbons (Fsp3) is 0.214. The number of rotatable bonds is 6. The number of para-hydroxylation sites is 2. The van der Waals surface area contributed by atoms with Gasteiger partial charge in [0.15, 0.2) is 6.61 Å². The number of anilines is 2. The number of halogens is 2. The van der Waals surface area contributed by atoms with Gasteiger partial charge in [-0.2, -0.15) is 8.78 Å². The first-order valence-corrected chi connectivity index (χ1v) is 6.61. The molecule has 128 valence electrons. The van der Waals surface area contributed by atoms with Crippen LogP contribution in [0.5, 0.6) is 5.75 Å². The van der Waals surface area contributed by atoms with Crippen molar-refractivity contribution in [3.63, 3.8) is 0 Å². The molecule has 0 unspecified atom stereocenters. The molecule has 0 fully saturated rings. The van der Waals surface area contributed by atoms with Gasteiger partial charge in [0.2, 0.25) is 5.88 Å². The van der Waals surface area contributed by atoms with E-state index in [-0.39, 0.29) is 28.6 Å². The molecule has 0 bridgehead atoms. The van der Waals surface area contributed by atoms with Crippen LogP contribution in [0.1, 0.15) is 16.1 Å². The molecular formula is C14H13F2N3O5. The summed E-state index contributed by atoms with van der Waals surface area (Å²) in [6, 6.07) is 5.60. The Labute approximate surface area is 134 Å². The van der Waals surface area contributed by atoms with Crippen LogP contribution in [-0.4, -0.2) is 30.3 Å². The normalized spacial score (nSPS) is 10.5. The molecule has 0 atom stereocenters. The van der Waals surface area contributed by atoms with Crippen LogP contribution in [0.15, 0.2) is 28.8 Å². The number of esters is 1. The zero-order valence-electron chi connectivity index (χ0n) is 12.4. The maximum atomic E-state index is 12.3. The van der Waals surface area contributed by atoms with Gasteiger partial charge in [0.05, 0.1) is 11.4 Å². The summed E-state index contributed by atoms with van der Waals surface area (Å²) in [6.45, 7) is -2.22. The topological polar surface area (TPSA) is 117 Å². The standard InChI is InChI=1S/C14H13F2N3O5/c1-7-11(12(17)24-19-7)13(21)22-6-10(20)18-8-4-2-3-5-9(8)23-14(15)16/h2-5,14H,6,17H2,1H3,(H,18,20). The molecule has 0 aliphatic rings. The summed E-state index contributed by atoms with van der Waals surface area (Å²) in [6.07, 6.45) is 0. The highest BCUT2D eigenvalue weighted by Crippen LogP contribution is 2.25. The summed E-state index contributed by atoms with van der Waals surface area (Å²) in [5.74, 6) is -2.08. The number of hydrogen-bond donors (Lipinski definition) is 2. The second-order valence-corrected chi connectivity index (χ2v) is 4.51. The molecule has 1 amide bonds. The lowest BCUT2D eigenvalue weighted by Crippen LogP contribution is -2.22. The van der Waals surface area contributed by atoms with Crippen LogP contribution in [0.4, 0.5) is 20.4 Å². The van der Waals surface area contributed by atoms with Gasteiger partial charge in [-0.15, -0.1) is 0 Å². The number of nitrogens with one attached hydrogen (secondary N) is 1. The number of nitrogens with two attached hydrogens (primary N) is 1. The fourth-order valence-corrected chi connectivity index (χ4v) is 1.79. The van der Waals surface area contributed by atoms with Gasteiger partial charge in [-0.25, -0.2) is 4.79 Å². The summed E-state index contributed by atoms with van der Waals surface area (Å²) in [5.41, 5.74) is 5.57. The molecule has 0 saturated heterocycles. The van der Waals surface area contributed by atoms with E-state index in [9.17, 15) is 18.4 Å². The van der Waals surface area contributed by atoms with Crippen LogP contribution >= 0.6 is 0 Å². The number of aromatic nitrogens is 1. The number of aryl methyl sites for hydroxylation is 1. The number of ether oxygens (including phenoxy) is 2. The van der Waals surface area contributed by atoms with Gasteiger partial charge in [-0.1, -0.05) is 17.3 Å². The molecular weight excluding hydrogens is 328 g/mol. The zero-order chi connectivity index (χ0) is 17.7. The van der Waals surface area contributed by atoms with Crippen molar-refractivity contribution < 1.29 is 32.4 Å². The summed E-state index contributed by atoms with van der Waals surface area (Å²) in [7, 11) is 0. The van der Waals surface area contributed by atoms with Crippen LogP contribution in [-0.2, 0) is 9.53 Å². The van der Waals surface area contributed by atoms with Crippen molar-refractivity contribution in [2.45, 2.75) is 13.5 Å². The van der Waals surface area contributed by atoms with Crippen molar-refractivity contribution in [2.75, 3.05) is 17.7 Å². The Bertz CT molecular complexity index is 728. The fourth-order valence-electron chi connectivity index (χ4n) is 1.79. The maximum absolute atomic E-state index is 12.3. The molecule has 1 heterocycles. The van der Waals surface area contributed by atoms with Crippen LogP contribution in [0.25, 0.3) is 0 Å². The third-order valence-electron chi connectivity index (χ3n) is 2.80. The Morgan fingerprint density at radius 1 is 1.38 bits per heavy atom. The average Bonchev–Trinajstić information content (AvgIpc) is 2.85. The van der Waals surface area contributed by atoms with E-state index >= 15 is 0 Å². The highest BCUT2D eigenvalue weighted by molar-refractivity contribution is 5.98. The van der Waals surface area contributed by atoms with E-state index in [1.54, 1.807) is 0 Å². The van der Waals surface area contributed by atoms with Crippen LogP contribution < -0.4 is 15.8 Å². The lowest BCUT2D eigenvalue weighted by Gasteiger charge is -2.11. The van der Waals surface area contributed by atoms with Gasteiger partial charge in [-0.3, -0.25) is 4.79 Å². The van der Waals surface area contributed by atoms with E-state index in [1.807, 2.05) is 0 Å². The Hall–Kier alpha value is -3.17. The van der Waals surface area contributed by atoms with E-state index in [4.69, 9.17) is 10.5 Å². The molecule has 3 N–H and O–H groups in total. The zero-order valence-corrected chi connectivity index (χ0v) is 12.4. The predicted molar refractivity (Wildman–Crippen MR) is 77.6 cm³/mol. The summed E-state index contributed by atoms with van der Waals surface area (Å²) in [4.78, 5) is 23.6. The first kappa shape index (κ1) is 17.2. The molecule has 1 aromatic heterocycles. The maximum Gasteiger partial charge on any atom is 0.387 e. The number of carbonyl (C=O) groups is 2.